The molecule has 1 N–H and O–H groups in total. The van der Waals surface area contributed by atoms with Crippen molar-refractivity contribution in [2.75, 3.05) is 5.32 Å². The highest BCUT2D eigenvalue weighted by Gasteiger charge is 2.05. The van der Waals surface area contributed by atoms with Gasteiger partial charge in [-0.1, -0.05) is 36.4 Å². The molecule has 0 aliphatic carbocycles. The molecule has 23 heavy (non-hydrogen) atoms. The van der Waals surface area contributed by atoms with Gasteiger partial charge in [-0.2, -0.15) is 0 Å². The second-order valence-electron chi connectivity index (χ2n) is 5.61. The highest BCUT2D eigenvalue weighted by Crippen LogP contribution is 2.28. The SMILES string of the molecule is Cc1cc(=O)oc2cc(Nc3cccc4ccccc34)ccc12. The molecule has 1 aromatic heterocycles. The molecule has 0 saturated carbocycles. The second-order valence-corrected chi connectivity index (χ2v) is 5.61. The van der Waals surface area contributed by atoms with E-state index in [1.807, 2.05) is 49.4 Å². The third-order valence-corrected chi connectivity index (χ3v) is 4.02. The van der Waals surface area contributed by atoms with Gasteiger partial charge >= 0.3 is 5.63 Å². The number of rotatable bonds is 2. The minimum atomic E-state index is -0.322. The summed E-state index contributed by atoms with van der Waals surface area (Å²) < 4.78 is 5.31. The predicted octanol–water partition coefficient (Wildman–Crippen LogP) is 5.00. The van der Waals surface area contributed by atoms with Gasteiger partial charge in [0.1, 0.15) is 5.58 Å². The highest BCUT2D eigenvalue weighted by atomic mass is 16.4. The largest absolute Gasteiger partial charge is 0.423 e. The summed E-state index contributed by atoms with van der Waals surface area (Å²) >= 11 is 0. The van der Waals surface area contributed by atoms with Crippen molar-refractivity contribution in [2.24, 2.45) is 0 Å². The first-order valence-electron chi connectivity index (χ1n) is 7.50. The van der Waals surface area contributed by atoms with Gasteiger partial charge in [0.2, 0.25) is 0 Å². The molecule has 3 aromatic carbocycles. The Morgan fingerprint density at radius 3 is 2.61 bits per heavy atom. The fourth-order valence-corrected chi connectivity index (χ4v) is 2.89. The zero-order valence-corrected chi connectivity index (χ0v) is 12.7. The standard InChI is InChI=1S/C20H15NO2/c1-13-11-20(22)23-19-12-15(9-10-16(13)19)21-18-8-4-6-14-5-2-3-7-17(14)18/h2-12,21H,1H3. The van der Waals surface area contributed by atoms with E-state index in [-0.39, 0.29) is 5.63 Å². The lowest BCUT2D eigenvalue weighted by atomic mass is 10.1. The summed E-state index contributed by atoms with van der Waals surface area (Å²) in [5, 5.41) is 6.70. The van der Waals surface area contributed by atoms with E-state index in [4.69, 9.17) is 4.42 Å². The molecule has 0 unspecified atom stereocenters. The zero-order valence-electron chi connectivity index (χ0n) is 12.7. The third kappa shape index (κ3) is 2.46. The Labute approximate surface area is 133 Å². The Morgan fingerprint density at radius 2 is 1.70 bits per heavy atom. The number of benzene rings is 3. The maximum absolute atomic E-state index is 11.6. The Bertz CT molecular complexity index is 1070. The second kappa shape index (κ2) is 5.29. The lowest BCUT2D eigenvalue weighted by Gasteiger charge is -2.10. The quantitative estimate of drug-likeness (QED) is 0.530. The molecule has 0 atom stereocenters. The van der Waals surface area contributed by atoms with Gasteiger partial charge in [-0.3, -0.25) is 0 Å². The van der Waals surface area contributed by atoms with Crippen LogP contribution >= 0.6 is 0 Å². The zero-order chi connectivity index (χ0) is 15.8. The van der Waals surface area contributed by atoms with Crippen LogP contribution in [0.5, 0.6) is 0 Å². The minimum Gasteiger partial charge on any atom is -0.423 e. The van der Waals surface area contributed by atoms with Crippen LogP contribution in [-0.4, -0.2) is 0 Å². The number of nitrogens with one attached hydrogen (secondary N) is 1. The molecule has 3 nitrogen and oxygen atoms in total. The maximum atomic E-state index is 11.6. The Kier molecular flexibility index (Phi) is 3.12. The van der Waals surface area contributed by atoms with Crippen LogP contribution in [0.1, 0.15) is 5.56 Å². The van der Waals surface area contributed by atoms with Gasteiger partial charge < -0.3 is 9.73 Å². The van der Waals surface area contributed by atoms with Crippen molar-refractivity contribution in [3.8, 4) is 0 Å². The molecule has 3 heteroatoms. The van der Waals surface area contributed by atoms with Crippen LogP contribution in [0.2, 0.25) is 0 Å². The van der Waals surface area contributed by atoms with Crippen molar-refractivity contribution in [1.29, 1.82) is 0 Å². The van der Waals surface area contributed by atoms with Crippen molar-refractivity contribution in [1.82, 2.24) is 0 Å². The summed E-state index contributed by atoms with van der Waals surface area (Å²) in [5.41, 5.74) is 3.12. The number of aryl methyl sites for hydroxylation is 1. The Hall–Kier alpha value is -3.07. The van der Waals surface area contributed by atoms with Gasteiger partial charge in [-0.05, 0) is 36.1 Å². The van der Waals surface area contributed by atoms with Crippen molar-refractivity contribution in [2.45, 2.75) is 6.92 Å². The number of hydrogen-bond donors (Lipinski definition) is 1. The Balaban J connectivity index is 1.82. The van der Waals surface area contributed by atoms with Crippen LogP contribution in [0.25, 0.3) is 21.7 Å². The van der Waals surface area contributed by atoms with E-state index in [1.165, 1.54) is 11.5 Å². The first-order chi connectivity index (χ1) is 11.2. The fraction of sp³-hybridized carbons (Fsp3) is 0.0500. The summed E-state index contributed by atoms with van der Waals surface area (Å²) in [6, 6.07) is 21.7. The molecule has 0 fully saturated rings. The Morgan fingerprint density at radius 1 is 0.870 bits per heavy atom. The molecule has 0 spiro atoms. The van der Waals surface area contributed by atoms with Crippen LogP contribution in [0.3, 0.4) is 0 Å². The van der Waals surface area contributed by atoms with E-state index >= 15 is 0 Å². The van der Waals surface area contributed by atoms with Crippen molar-refractivity contribution >= 4 is 33.1 Å². The first kappa shape index (κ1) is 13.6. The summed E-state index contributed by atoms with van der Waals surface area (Å²) in [6.07, 6.45) is 0. The van der Waals surface area contributed by atoms with Crippen LogP contribution in [0, 0.1) is 6.92 Å². The topological polar surface area (TPSA) is 42.2 Å². The monoisotopic (exact) mass is 301 g/mol. The van der Waals surface area contributed by atoms with Gasteiger partial charge in [0, 0.05) is 34.3 Å². The van der Waals surface area contributed by atoms with Crippen molar-refractivity contribution in [3.63, 3.8) is 0 Å². The smallest absolute Gasteiger partial charge is 0.336 e. The normalized spacial score (nSPS) is 11.0. The maximum Gasteiger partial charge on any atom is 0.336 e. The van der Waals surface area contributed by atoms with Crippen molar-refractivity contribution < 1.29 is 4.42 Å². The number of fused-ring (bicyclic) bond motifs is 2. The molecular formula is C20H15NO2. The lowest BCUT2D eigenvalue weighted by Crippen LogP contribution is -1.98. The van der Waals surface area contributed by atoms with E-state index in [0.717, 1.165) is 27.7 Å². The van der Waals surface area contributed by atoms with E-state index in [2.05, 4.69) is 23.5 Å². The molecular weight excluding hydrogens is 286 g/mol. The average molecular weight is 301 g/mol. The van der Waals surface area contributed by atoms with E-state index in [1.54, 1.807) is 0 Å². The summed E-state index contributed by atoms with van der Waals surface area (Å²) in [6.45, 7) is 1.91. The van der Waals surface area contributed by atoms with Crippen LogP contribution in [0.15, 0.2) is 75.9 Å². The van der Waals surface area contributed by atoms with Gasteiger partial charge in [-0.25, -0.2) is 4.79 Å². The fourth-order valence-electron chi connectivity index (χ4n) is 2.89. The minimum absolute atomic E-state index is 0.322. The molecule has 0 saturated heterocycles. The lowest BCUT2D eigenvalue weighted by molar-refractivity contribution is 0.560. The predicted molar refractivity (Wildman–Crippen MR) is 94.5 cm³/mol. The summed E-state index contributed by atoms with van der Waals surface area (Å²) in [5.74, 6) is 0. The van der Waals surface area contributed by atoms with Crippen LogP contribution in [0.4, 0.5) is 11.4 Å². The molecule has 0 aliphatic rings. The molecule has 0 amide bonds. The molecule has 0 radical (unpaired) electrons. The molecule has 1 heterocycles. The van der Waals surface area contributed by atoms with Crippen LogP contribution in [-0.2, 0) is 0 Å². The molecule has 0 aliphatic heterocycles. The van der Waals surface area contributed by atoms with E-state index < -0.39 is 0 Å². The molecule has 4 rings (SSSR count). The van der Waals surface area contributed by atoms with Gasteiger partial charge in [0.25, 0.3) is 0 Å². The van der Waals surface area contributed by atoms with Crippen molar-refractivity contribution in [3.05, 3.63) is 82.7 Å². The van der Waals surface area contributed by atoms with E-state index in [9.17, 15) is 4.79 Å². The van der Waals surface area contributed by atoms with Gasteiger partial charge in [0.15, 0.2) is 0 Å². The first-order valence-corrected chi connectivity index (χ1v) is 7.50. The van der Waals surface area contributed by atoms with Gasteiger partial charge in [0.05, 0.1) is 0 Å². The molecule has 0 bridgehead atoms. The summed E-state index contributed by atoms with van der Waals surface area (Å²) in [4.78, 5) is 11.6. The third-order valence-electron chi connectivity index (χ3n) is 4.02. The highest BCUT2D eigenvalue weighted by molar-refractivity contribution is 5.96. The average Bonchev–Trinajstić information content (AvgIpc) is 2.55. The number of anilines is 2. The summed E-state index contributed by atoms with van der Waals surface area (Å²) in [7, 11) is 0. The molecule has 112 valence electrons. The van der Waals surface area contributed by atoms with E-state index in [0.29, 0.717) is 5.58 Å². The number of hydrogen-bond acceptors (Lipinski definition) is 3. The van der Waals surface area contributed by atoms with Crippen LogP contribution < -0.4 is 10.9 Å². The molecule has 4 aromatic rings. The van der Waals surface area contributed by atoms with Gasteiger partial charge in [-0.15, -0.1) is 0 Å².